The van der Waals surface area contributed by atoms with Crippen LogP contribution in [0.15, 0.2) is 0 Å². The minimum atomic E-state index is -0.411. The monoisotopic (exact) mass is 242 g/mol. The predicted molar refractivity (Wildman–Crippen MR) is 60.3 cm³/mol. The van der Waals surface area contributed by atoms with Crippen molar-refractivity contribution in [2.24, 2.45) is 0 Å². The summed E-state index contributed by atoms with van der Waals surface area (Å²) in [4.78, 5) is 0. The van der Waals surface area contributed by atoms with E-state index in [4.69, 9.17) is 9.84 Å². The first-order chi connectivity index (χ1) is 5.65. The first kappa shape index (κ1) is 9.86. The molecule has 12 heavy (non-hydrogen) atoms. The van der Waals surface area contributed by atoms with E-state index >= 15 is 0 Å². The van der Waals surface area contributed by atoms with Crippen LogP contribution in [0.25, 0.3) is 0 Å². The molecule has 70 valence electrons. The van der Waals surface area contributed by atoms with Gasteiger partial charge in [0.15, 0.2) is 4.27 Å². The third kappa shape index (κ3) is 2.04. The number of thiol groups is 2. The Kier molecular flexibility index (Phi) is 2.85. The van der Waals surface area contributed by atoms with Gasteiger partial charge in [-0.1, -0.05) is 0 Å². The van der Waals surface area contributed by atoms with Crippen molar-refractivity contribution < 1.29 is 9.84 Å². The van der Waals surface area contributed by atoms with E-state index in [1.54, 1.807) is 23.5 Å². The number of thioether (sulfide) groups is 2. The number of aliphatic hydroxyl groups excluding tert-OH is 1. The Labute approximate surface area is 91.0 Å². The molecule has 6 heteroatoms. The number of ether oxygens (including phenoxy) is 1. The molecular weight excluding hydrogens is 232 g/mol. The van der Waals surface area contributed by atoms with E-state index in [2.05, 4.69) is 25.3 Å². The van der Waals surface area contributed by atoms with Gasteiger partial charge in [0.2, 0.25) is 0 Å². The minimum Gasteiger partial charge on any atom is -0.395 e. The summed E-state index contributed by atoms with van der Waals surface area (Å²) in [5.41, 5.74) is 0. The van der Waals surface area contributed by atoms with E-state index < -0.39 is 4.27 Å². The number of aliphatic hydroxyl groups is 1. The molecule has 0 aromatic heterocycles. The second kappa shape index (κ2) is 3.47. The molecule has 2 aliphatic rings. The first-order valence-corrected chi connectivity index (χ1v) is 6.43. The molecule has 0 spiro atoms. The van der Waals surface area contributed by atoms with Gasteiger partial charge >= 0.3 is 0 Å². The van der Waals surface area contributed by atoms with E-state index in [9.17, 15) is 0 Å². The van der Waals surface area contributed by atoms with Crippen molar-refractivity contribution in [3.8, 4) is 0 Å². The quantitative estimate of drug-likeness (QED) is 0.391. The van der Waals surface area contributed by atoms with E-state index in [0.29, 0.717) is 16.4 Å². The van der Waals surface area contributed by atoms with Gasteiger partial charge in [-0.05, 0) is 0 Å². The van der Waals surface area contributed by atoms with Crippen LogP contribution in [0.5, 0.6) is 0 Å². The molecule has 0 radical (unpaired) electrons. The largest absolute Gasteiger partial charge is 0.395 e. The van der Waals surface area contributed by atoms with Crippen LogP contribution in [-0.2, 0) is 4.74 Å². The lowest BCUT2D eigenvalue weighted by Crippen LogP contribution is -2.17. The van der Waals surface area contributed by atoms with Crippen LogP contribution in [0.1, 0.15) is 0 Å². The molecular formula is C6H10O2S4. The van der Waals surface area contributed by atoms with Gasteiger partial charge in [0, 0.05) is 0 Å². The second-order valence-corrected chi connectivity index (χ2v) is 7.47. The van der Waals surface area contributed by atoms with Crippen LogP contribution in [0, 0.1) is 0 Å². The lowest BCUT2D eigenvalue weighted by atomic mass is 10.5. The fraction of sp³-hybridized carbons (Fsp3) is 1.00. The lowest BCUT2D eigenvalue weighted by molar-refractivity contribution is 0.106. The van der Waals surface area contributed by atoms with E-state index in [1.807, 2.05) is 0 Å². The van der Waals surface area contributed by atoms with Crippen molar-refractivity contribution in [3.63, 3.8) is 0 Å². The van der Waals surface area contributed by atoms with Crippen LogP contribution < -0.4 is 0 Å². The zero-order valence-corrected chi connectivity index (χ0v) is 9.63. The van der Waals surface area contributed by atoms with Crippen molar-refractivity contribution in [2.45, 2.75) is 19.3 Å². The summed E-state index contributed by atoms with van der Waals surface area (Å²) in [6, 6.07) is 0. The van der Waals surface area contributed by atoms with Crippen molar-refractivity contribution in [1.29, 1.82) is 0 Å². The maximum Gasteiger partial charge on any atom is 0.172 e. The lowest BCUT2D eigenvalue weighted by Gasteiger charge is -2.07. The summed E-state index contributed by atoms with van der Waals surface area (Å²) >= 11 is 12.0. The molecule has 0 aliphatic carbocycles. The summed E-state index contributed by atoms with van der Waals surface area (Å²) in [6.45, 7) is 0.849. The standard InChI is InChI=1S/C6H10O2S4/c7-1-4-6(10,12-4)8-2-3-5(9)11-3/h3-5,7,9-10H,1-2H2. The van der Waals surface area contributed by atoms with Crippen molar-refractivity contribution >= 4 is 48.8 Å². The third-order valence-corrected chi connectivity index (χ3v) is 6.00. The average Bonchev–Trinajstić information content (AvgIpc) is 2.88. The maximum atomic E-state index is 8.80. The maximum absolute atomic E-state index is 8.80. The van der Waals surface area contributed by atoms with Gasteiger partial charge in [-0.2, -0.15) is 12.6 Å². The molecule has 0 aromatic rings. The highest BCUT2D eigenvalue weighted by molar-refractivity contribution is 8.19. The number of hydrogen-bond acceptors (Lipinski definition) is 6. The topological polar surface area (TPSA) is 29.5 Å². The van der Waals surface area contributed by atoms with Gasteiger partial charge in [0.1, 0.15) is 0 Å². The molecule has 0 aromatic carbocycles. The molecule has 0 amide bonds. The van der Waals surface area contributed by atoms with Crippen LogP contribution >= 0.6 is 48.8 Å². The van der Waals surface area contributed by atoms with Crippen molar-refractivity contribution in [1.82, 2.24) is 0 Å². The van der Waals surface area contributed by atoms with Crippen LogP contribution in [0.3, 0.4) is 0 Å². The highest BCUT2D eigenvalue weighted by Crippen LogP contribution is 2.58. The van der Waals surface area contributed by atoms with Crippen molar-refractivity contribution in [2.75, 3.05) is 13.2 Å². The summed E-state index contributed by atoms with van der Waals surface area (Å²) in [7, 11) is 0. The van der Waals surface area contributed by atoms with Crippen LogP contribution in [0.2, 0.25) is 0 Å². The minimum absolute atomic E-state index is 0.149. The number of rotatable bonds is 4. The van der Waals surface area contributed by atoms with Crippen LogP contribution in [-0.4, -0.2) is 37.7 Å². The molecule has 4 unspecified atom stereocenters. The normalized spacial score (nSPS) is 50.8. The smallest absolute Gasteiger partial charge is 0.172 e. The molecule has 2 rings (SSSR count). The Bertz CT molecular complexity index is 190. The molecule has 2 saturated heterocycles. The van der Waals surface area contributed by atoms with E-state index in [0.717, 1.165) is 0 Å². The molecule has 2 nitrogen and oxygen atoms in total. The Morgan fingerprint density at radius 1 is 1.58 bits per heavy atom. The Morgan fingerprint density at radius 3 is 2.67 bits per heavy atom. The molecule has 2 aliphatic heterocycles. The highest BCUT2D eigenvalue weighted by atomic mass is 32.2. The summed E-state index contributed by atoms with van der Waals surface area (Å²) in [5.74, 6) is 0. The van der Waals surface area contributed by atoms with Gasteiger partial charge in [-0.3, -0.25) is 0 Å². The zero-order valence-electron chi connectivity index (χ0n) is 6.21. The molecule has 0 bridgehead atoms. The predicted octanol–water partition coefficient (Wildman–Crippen LogP) is 1.07. The second-order valence-electron chi connectivity index (χ2n) is 2.80. The molecule has 4 atom stereocenters. The fourth-order valence-corrected chi connectivity index (χ4v) is 3.18. The SMILES string of the molecule is OCC1SC1(S)OCC1SC1S. The van der Waals surface area contributed by atoms with Gasteiger partial charge in [0.25, 0.3) is 0 Å². The van der Waals surface area contributed by atoms with Gasteiger partial charge in [-0.15, -0.1) is 36.2 Å². The van der Waals surface area contributed by atoms with E-state index in [1.165, 1.54) is 0 Å². The fourth-order valence-electron chi connectivity index (χ4n) is 0.906. The van der Waals surface area contributed by atoms with Gasteiger partial charge in [-0.25, -0.2) is 0 Å². The molecule has 2 fully saturated rings. The molecule has 1 N–H and O–H groups in total. The Morgan fingerprint density at radius 2 is 2.25 bits per heavy atom. The van der Waals surface area contributed by atoms with Gasteiger partial charge < -0.3 is 9.84 Å². The van der Waals surface area contributed by atoms with Crippen LogP contribution in [0.4, 0.5) is 0 Å². The molecule has 0 saturated carbocycles. The Balaban J connectivity index is 1.67. The summed E-state index contributed by atoms with van der Waals surface area (Å²) in [6.07, 6.45) is 0. The third-order valence-electron chi connectivity index (χ3n) is 1.84. The highest BCUT2D eigenvalue weighted by Gasteiger charge is 2.55. The van der Waals surface area contributed by atoms with E-state index in [-0.39, 0.29) is 11.9 Å². The average molecular weight is 242 g/mol. The molecule has 2 heterocycles. The summed E-state index contributed by atoms with van der Waals surface area (Å²) < 4.78 is 5.57. The first-order valence-electron chi connectivity index (χ1n) is 3.64. The van der Waals surface area contributed by atoms with Gasteiger partial charge in [0.05, 0.1) is 28.3 Å². The zero-order chi connectivity index (χ0) is 8.77. The Hall–Kier alpha value is 1.32. The number of hydrogen-bond donors (Lipinski definition) is 3. The summed E-state index contributed by atoms with van der Waals surface area (Å²) in [5, 5.41) is 9.49. The van der Waals surface area contributed by atoms with Crippen molar-refractivity contribution in [3.05, 3.63) is 0 Å².